The number of hydrogen-bond donors (Lipinski definition) is 1. The summed E-state index contributed by atoms with van der Waals surface area (Å²) in [6.45, 7) is 9.22. The van der Waals surface area contributed by atoms with Gasteiger partial charge in [0.25, 0.3) is 0 Å². The maximum Gasteiger partial charge on any atom is 0.0701 e. The first-order valence-corrected chi connectivity index (χ1v) is 8.34. The Kier molecular flexibility index (Phi) is 19.6. The fourth-order valence-electron chi connectivity index (χ4n) is 1.73. The lowest BCUT2D eigenvalue weighted by Crippen LogP contribution is -2.22. The van der Waals surface area contributed by atoms with Gasteiger partial charge >= 0.3 is 0 Å². The second kappa shape index (κ2) is 19.8. The summed E-state index contributed by atoms with van der Waals surface area (Å²) >= 11 is 0. The van der Waals surface area contributed by atoms with E-state index in [0.29, 0.717) is 26.4 Å². The van der Waals surface area contributed by atoms with Crippen LogP contribution in [-0.2, 0) is 18.9 Å². The molecule has 0 rings (SSSR count). The van der Waals surface area contributed by atoms with Crippen molar-refractivity contribution in [3.05, 3.63) is 0 Å². The highest BCUT2D eigenvalue weighted by atomic mass is 16.5. The number of unbranched alkanes of at least 4 members (excludes halogenated alkanes) is 3. The number of nitrogens with one attached hydrogen (secondary N) is 1. The summed E-state index contributed by atoms with van der Waals surface area (Å²) in [5, 5.41) is 3.37. The Morgan fingerprint density at radius 3 is 1.95 bits per heavy atom. The molecule has 0 aliphatic carbocycles. The maximum atomic E-state index is 5.48. The highest BCUT2D eigenvalue weighted by Crippen LogP contribution is 1.93. The van der Waals surface area contributed by atoms with Crippen LogP contribution in [0, 0.1) is 0 Å². The van der Waals surface area contributed by atoms with Gasteiger partial charge in [0.15, 0.2) is 0 Å². The van der Waals surface area contributed by atoms with Gasteiger partial charge in [0, 0.05) is 26.9 Å². The topological polar surface area (TPSA) is 49.0 Å². The van der Waals surface area contributed by atoms with Gasteiger partial charge in [0.2, 0.25) is 0 Å². The van der Waals surface area contributed by atoms with E-state index in [1.165, 1.54) is 19.3 Å². The molecule has 1 N–H and O–H groups in total. The van der Waals surface area contributed by atoms with E-state index in [2.05, 4.69) is 12.2 Å². The monoisotopic (exact) mass is 305 g/mol. The first-order chi connectivity index (χ1) is 10.4. The molecular formula is C16H35NO4. The Balaban J connectivity index is 2.90. The van der Waals surface area contributed by atoms with Crippen LogP contribution in [0.1, 0.15) is 39.0 Å². The van der Waals surface area contributed by atoms with Crippen LogP contribution < -0.4 is 5.32 Å². The van der Waals surface area contributed by atoms with Gasteiger partial charge in [-0.25, -0.2) is 0 Å². The second-order valence-electron chi connectivity index (χ2n) is 4.99. The zero-order valence-electron chi connectivity index (χ0n) is 14.0. The fraction of sp³-hybridized carbons (Fsp3) is 1.00. The third-order valence-electron chi connectivity index (χ3n) is 3.01. The standard InChI is InChI=1S/C16H35NO4/c1-3-4-11-19-13-15-21-16-14-20-12-9-17-8-6-5-7-10-18-2/h17H,3-16H2,1-2H3. The summed E-state index contributed by atoms with van der Waals surface area (Å²) in [4.78, 5) is 0. The normalized spacial score (nSPS) is 11.1. The van der Waals surface area contributed by atoms with Crippen molar-refractivity contribution >= 4 is 0 Å². The van der Waals surface area contributed by atoms with Crippen molar-refractivity contribution in [2.24, 2.45) is 0 Å². The molecule has 5 nitrogen and oxygen atoms in total. The van der Waals surface area contributed by atoms with Crippen LogP contribution in [0.2, 0.25) is 0 Å². The van der Waals surface area contributed by atoms with Crippen LogP contribution in [0.15, 0.2) is 0 Å². The predicted octanol–water partition coefficient (Wildman–Crippen LogP) is 2.24. The van der Waals surface area contributed by atoms with Crippen molar-refractivity contribution in [2.75, 3.05) is 66.4 Å². The largest absolute Gasteiger partial charge is 0.385 e. The first kappa shape index (κ1) is 20.8. The maximum absolute atomic E-state index is 5.48. The summed E-state index contributed by atoms with van der Waals surface area (Å²) in [5.41, 5.74) is 0. The second-order valence-corrected chi connectivity index (χ2v) is 4.99. The van der Waals surface area contributed by atoms with Gasteiger partial charge in [-0.1, -0.05) is 13.3 Å². The average Bonchev–Trinajstić information content (AvgIpc) is 2.50. The molecule has 21 heavy (non-hydrogen) atoms. The Labute approximate surface area is 130 Å². The molecule has 0 aromatic rings. The molecule has 0 bridgehead atoms. The number of rotatable bonds is 18. The Morgan fingerprint density at radius 1 is 0.619 bits per heavy atom. The van der Waals surface area contributed by atoms with E-state index in [1.54, 1.807) is 7.11 Å². The SMILES string of the molecule is CCCCOCCOCCOCCNCCCCCOC. The fourth-order valence-corrected chi connectivity index (χ4v) is 1.73. The van der Waals surface area contributed by atoms with Gasteiger partial charge in [-0.3, -0.25) is 0 Å². The van der Waals surface area contributed by atoms with Crippen LogP contribution in [0.5, 0.6) is 0 Å². The molecule has 0 aromatic carbocycles. The quantitative estimate of drug-likeness (QED) is 0.394. The minimum Gasteiger partial charge on any atom is -0.385 e. The highest BCUT2D eigenvalue weighted by Gasteiger charge is 1.93. The van der Waals surface area contributed by atoms with E-state index in [0.717, 1.165) is 45.8 Å². The molecule has 0 aliphatic rings. The van der Waals surface area contributed by atoms with Crippen molar-refractivity contribution in [1.29, 1.82) is 0 Å². The molecule has 0 radical (unpaired) electrons. The van der Waals surface area contributed by atoms with E-state index in [-0.39, 0.29) is 0 Å². The van der Waals surface area contributed by atoms with E-state index in [9.17, 15) is 0 Å². The van der Waals surface area contributed by atoms with Gasteiger partial charge in [0.05, 0.1) is 33.0 Å². The summed E-state index contributed by atoms with van der Waals surface area (Å²) in [6.07, 6.45) is 5.87. The minimum atomic E-state index is 0.647. The molecule has 0 amide bonds. The van der Waals surface area contributed by atoms with Crippen molar-refractivity contribution in [2.45, 2.75) is 39.0 Å². The molecule has 128 valence electrons. The predicted molar refractivity (Wildman–Crippen MR) is 86.0 cm³/mol. The zero-order valence-corrected chi connectivity index (χ0v) is 14.0. The van der Waals surface area contributed by atoms with Crippen molar-refractivity contribution in [3.8, 4) is 0 Å². The van der Waals surface area contributed by atoms with Gasteiger partial charge < -0.3 is 24.3 Å². The van der Waals surface area contributed by atoms with Crippen LogP contribution >= 0.6 is 0 Å². The molecule has 0 aliphatic heterocycles. The Hall–Kier alpha value is -0.200. The molecule has 0 unspecified atom stereocenters. The third kappa shape index (κ3) is 19.8. The molecule has 0 fully saturated rings. The number of ether oxygens (including phenoxy) is 4. The van der Waals surface area contributed by atoms with Gasteiger partial charge in [-0.05, 0) is 32.2 Å². The Bertz CT molecular complexity index is 164. The molecule has 0 saturated carbocycles. The molecule has 0 spiro atoms. The first-order valence-electron chi connectivity index (χ1n) is 8.34. The van der Waals surface area contributed by atoms with Crippen LogP contribution in [0.3, 0.4) is 0 Å². The van der Waals surface area contributed by atoms with Crippen molar-refractivity contribution in [3.63, 3.8) is 0 Å². The molecule has 0 heterocycles. The summed E-state index contributed by atoms with van der Waals surface area (Å²) < 4.78 is 21.3. The Morgan fingerprint density at radius 2 is 1.29 bits per heavy atom. The number of hydrogen-bond acceptors (Lipinski definition) is 5. The van der Waals surface area contributed by atoms with Crippen LogP contribution in [-0.4, -0.2) is 66.4 Å². The van der Waals surface area contributed by atoms with Gasteiger partial charge in [-0.2, -0.15) is 0 Å². The van der Waals surface area contributed by atoms with Gasteiger partial charge in [-0.15, -0.1) is 0 Å². The molecule has 5 heteroatoms. The lowest BCUT2D eigenvalue weighted by atomic mass is 10.2. The summed E-state index contributed by atoms with van der Waals surface area (Å²) in [7, 11) is 1.75. The molecular weight excluding hydrogens is 270 g/mol. The number of methoxy groups -OCH3 is 1. The molecule has 0 atom stereocenters. The smallest absolute Gasteiger partial charge is 0.0701 e. The third-order valence-corrected chi connectivity index (χ3v) is 3.01. The van der Waals surface area contributed by atoms with Crippen molar-refractivity contribution in [1.82, 2.24) is 5.32 Å². The van der Waals surface area contributed by atoms with Gasteiger partial charge in [0.1, 0.15) is 0 Å². The average molecular weight is 305 g/mol. The lowest BCUT2D eigenvalue weighted by Gasteiger charge is -2.07. The zero-order chi connectivity index (χ0) is 15.4. The van der Waals surface area contributed by atoms with E-state index >= 15 is 0 Å². The highest BCUT2D eigenvalue weighted by molar-refractivity contribution is 4.48. The minimum absolute atomic E-state index is 0.647. The summed E-state index contributed by atoms with van der Waals surface area (Å²) in [5.74, 6) is 0. The van der Waals surface area contributed by atoms with E-state index < -0.39 is 0 Å². The molecule has 0 saturated heterocycles. The van der Waals surface area contributed by atoms with E-state index in [4.69, 9.17) is 18.9 Å². The van der Waals surface area contributed by atoms with E-state index in [1.807, 2.05) is 0 Å². The van der Waals surface area contributed by atoms with Crippen molar-refractivity contribution < 1.29 is 18.9 Å². The lowest BCUT2D eigenvalue weighted by molar-refractivity contribution is 0.0146. The molecule has 0 aromatic heterocycles. The van der Waals surface area contributed by atoms with Crippen LogP contribution in [0.4, 0.5) is 0 Å². The van der Waals surface area contributed by atoms with Crippen LogP contribution in [0.25, 0.3) is 0 Å². The summed E-state index contributed by atoms with van der Waals surface area (Å²) in [6, 6.07) is 0.